The van der Waals surface area contributed by atoms with E-state index in [2.05, 4.69) is 26.6 Å². The molecule has 4 nitrogen and oxygen atoms in total. The number of para-hydroxylation sites is 1. The van der Waals surface area contributed by atoms with E-state index in [1.54, 1.807) is 0 Å². The Kier molecular flexibility index (Phi) is 9.45. The Morgan fingerprint density at radius 3 is 2.42 bits per heavy atom. The van der Waals surface area contributed by atoms with Crippen molar-refractivity contribution in [2.24, 2.45) is 0 Å². The van der Waals surface area contributed by atoms with Gasteiger partial charge in [0, 0.05) is 12.1 Å². The van der Waals surface area contributed by atoms with Crippen LogP contribution in [-0.2, 0) is 4.79 Å². The van der Waals surface area contributed by atoms with E-state index < -0.39 is 6.10 Å². The van der Waals surface area contributed by atoms with Crippen LogP contribution in [0.15, 0.2) is 59.1 Å². The van der Waals surface area contributed by atoms with Gasteiger partial charge in [0.1, 0.15) is 5.75 Å². The lowest BCUT2D eigenvalue weighted by Crippen LogP contribution is -2.34. The molecule has 2 N–H and O–H groups in total. The van der Waals surface area contributed by atoms with E-state index in [1.807, 2.05) is 61.6 Å². The topological polar surface area (TPSA) is 50.4 Å². The first-order valence-corrected chi connectivity index (χ1v) is 8.40. The third kappa shape index (κ3) is 6.15. The Hall–Kier alpha value is -1.56. The second-order valence-corrected chi connectivity index (χ2v) is 5.94. The molecule has 0 saturated heterocycles. The fourth-order valence-corrected chi connectivity index (χ4v) is 2.52. The molecule has 0 heterocycles. The molecule has 0 aliphatic rings. The summed E-state index contributed by atoms with van der Waals surface area (Å²) < 4.78 is 6.80. The second kappa shape index (κ2) is 11.1. The maximum atomic E-state index is 12.6. The number of hydrogen-bond acceptors (Lipinski definition) is 3. The SMILES string of the molecule is CNCCCNC(=O)C(Oc1ccccc1Br)c1ccccc1.Cl. The van der Waals surface area contributed by atoms with Crippen molar-refractivity contribution in [1.82, 2.24) is 10.6 Å². The Balaban J connectivity index is 0.00000288. The summed E-state index contributed by atoms with van der Waals surface area (Å²) in [5.74, 6) is 0.509. The monoisotopic (exact) mass is 412 g/mol. The molecule has 2 aromatic carbocycles. The molecular formula is C18H22BrClN2O2. The lowest BCUT2D eigenvalue weighted by atomic mass is 10.1. The number of ether oxygens (including phenoxy) is 1. The number of nitrogens with one attached hydrogen (secondary N) is 2. The summed E-state index contributed by atoms with van der Waals surface area (Å²) in [7, 11) is 1.89. The van der Waals surface area contributed by atoms with Crippen LogP contribution < -0.4 is 15.4 Å². The Labute approximate surface area is 157 Å². The van der Waals surface area contributed by atoms with Crippen LogP contribution in [0.5, 0.6) is 5.75 Å². The van der Waals surface area contributed by atoms with Crippen molar-refractivity contribution < 1.29 is 9.53 Å². The summed E-state index contributed by atoms with van der Waals surface area (Å²) in [6.45, 7) is 1.48. The zero-order valence-electron chi connectivity index (χ0n) is 13.5. The molecule has 2 rings (SSSR count). The van der Waals surface area contributed by atoms with Crippen LogP contribution in [0.2, 0.25) is 0 Å². The minimum absolute atomic E-state index is 0. The van der Waals surface area contributed by atoms with Crippen LogP contribution in [-0.4, -0.2) is 26.0 Å². The van der Waals surface area contributed by atoms with Crippen LogP contribution in [0.1, 0.15) is 18.1 Å². The van der Waals surface area contributed by atoms with Gasteiger partial charge in [0.15, 0.2) is 0 Å². The molecule has 0 spiro atoms. The van der Waals surface area contributed by atoms with Gasteiger partial charge >= 0.3 is 0 Å². The molecule has 0 bridgehead atoms. The van der Waals surface area contributed by atoms with Gasteiger partial charge in [-0.05, 0) is 48.1 Å². The third-order valence-corrected chi connectivity index (χ3v) is 3.98. The van der Waals surface area contributed by atoms with E-state index in [0.29, 0.717) is 12.3 Å². The number of amides is 1. The quantitative estimate of drug-likeness (QED) is 0.649. The molecule has 130 valence electrons. The van der Waals surface area contributed by atoms with Crippen LogP contribution in [0.25, 0.3) is 0 Å². The first-order valence-electron chi connectivity index (χ1n) is 7.61. The minimum atomic E-state index is -0.676. The Bertz CT molecular complexity index is 625. The van der Waals surface area contributed by atoms with Gasteiger partial charge in [0.2, 0.25) is 6.10 Å². The van der Waals surface area contributed by atoms with Crippen LogP contribution >= 0.6 is 28.3 Å². The lowest BCUT2D eigenvalue weighted by molar-refractivity contribution is -0.128. The largest absolute Gasteiger partial charge is 0.475 e. The molecule has 24 heavy (non-hydrogen) atoms. The van der Waals surface area contributed by atoms with Crippen molar-refractivity contribution in [2.45, 2.75) is 12.5 Å². The van der Waals surface area contributed by atoms with E-state index in [1.165, 1.54) is 0 Å². The Morgan fingerprint density at radius 2 is 1.75 bits per heavy atom. The first-order chi connectivity index (χ1) is 11.2. The maximum absolute atomic E-state index is 12.6. The van der Waals surface area contributed by atoms with Gasteiger partial charge in [-0.15, -0.1) is 12.4 Å². The smallest absolute Gasteiger partial charge is 0.265 e. The summed E-state index contributed by atoms with van der Waals surface area (Å²) in [5.41, 5.74) is 0.828. The maximum Gasteiger partial charge on any atom is 0.265 e. The van der Waals surface area contributed by atoms with Gasteiger partial charge in [0.05, 0.1) is 4.47 Å². The highest BCUT2D eigenvalue weighted by atomic mass is 79.9. The molecule has 0 aliphatic carbocycles. The highest BCUT2D eigenvalue weighted by Gasteiger charge is 2.22. The van der Waals surface area contributed by atoms with Gasteiger partial charge < -0.3 is 15.4 Å². The molecule has 0 aliphatic heterocycles. The number of carbonyl (C=O) groups is 1. The third-order valence-electron chi connectivity index (χ3n) is 3.32. The fourth-order valence-electron chi connectivity index (χ4n) is 2.14. The van der Waals surface area contributed by atoms with E-state index in [0.717, 1.165) is 23.0 Å². The molecule has 0 fully saturated rings. The standard InChI is InChI=1S/C18H21BrN2O2.ClH/c1-20-12-7-13-21-18(22)17(14-8-3-2-4-9-14)23-16-11-6-5-10-15(16)19;/h2-6,8-11,17,20H,7,12-13H2,1H3,(H,21,22);1H. The van der Waals surface area contributed by atoms with E-state index >= 15 is 0 Å². The van der Waals surface area contributed by atoms with Crippen molar-refractivity contribution >= 4 is 34.2 Å². The molecule has 0 saturated carbocycles. The highest BCUT2D eigenvalue weighted by molar-refractivity contribution is 9.10. The van der Waals surface area contributed by atoms with Crippen molar-refractivity contribution in [3.63, 3.8) is 0 Å². The zero-order chi connectivity index (χ0) is 16.5. The zero-order valence-corrected chi connectivity index (χ0v) is 15.9. The molecule has 1 unspecified atom stereocenters. The molecular weight excluding hydrogens is 392 g/mol. The van der Waals surface area contributed by atoms with Crippen LogP contribution in [0, 0.1) is 0 Å². The molecule has 2 aromatic rings. The summed E-state index contributed by atoms with van der Waals surface area (Å²) in [4.78, 5) is 12.6. The van der Waals surface area contributed by atoms with E-state index in [-0.39, 0.29) is 18.3 Å². The lowest BCUT2D eigenvalue weighted by Gasteiger charge is -2.20. The van der Waals surface area contributed by atoms with Crippen molar-refractivity contribution in [3.8, 4) is 5.75 Å². The summed E-state index contributed by atoms with van der Waals surface area (Å²) >= 11 is 3.45. The van der Waals surface area contributed by atoms with Gasteiger partial charge in [-0.3, -0.25) is 4.79 Å². The van der Waals surface area contributed by atoms with Gasteiger partial charge in [-0.2, -0.15) is 0 Å². The highest BCUT2D eigenvalue weighted by Crippen LogP contribution is 2.29. The molecule has 0 aromatic heterocycles. The Morgan fingerprint density at radius 1 is 1.08 bits per heavy atom. The number of benzene rings is 2. The predicted molar refractivity (Wildman–Crippen MR) is 103 cm³/mol. The first kappa shape index (κ1) is 20.5. The minimum Gasteiger partial charge on any atom is -0.475 e. The normalized spacial score (nSPS) is 11.2. The van der Waals surface area contributed by atoms with E-state index in [9.17, 15) is 4.79 Å². The molecule has 1 atom stereocenters. The molecule has 1 amide bonds. The number of rotatable bonds is 8. The molecule has 6 heteroatoms. The van der Waals surface area contributed by atoms with Gasteiger partial charge in [0.25, 0.3) is 5.91 Å². The summed E-state index contributed by atoms with van der Waals surface area (Å²) in [6.07, 6.45) is 0.197. The molecule has 0 radical (unpaired) electrons. The average molecular weight is 414 g/mol. The van der Waals surface area contributed by atoms with E-state index in [4.69, 9.17) is 4.74 Å². The second-order valence-electron chi connectivity index (χ2n) is 5.09. The summed E-state index contributed by atoms with van der Waals surface area (Å²) in [5, 5.41) is 6.00. The predicted octanol–water partition coefficient (Wildman–Crippen LogP) is 3.72. The van der Waals surface area contributed by atoms with Crippen LogP contribution in [0.4, 0.5) is 0 Å². The van der Waals surface area contributed by atoms with Crippen molar-refractivity contribution in [3.05, 3.63) is 64.6 Å². The van der Waals surface area contributed by atoms with Gasteiger partial charge in [-0.25, -0.2) is 0 Å². The van der Waals surface area contributed by atoms with Crippen molar-refractivity contribution in [1.29, 1.82) is 0 Å². The number of halogens is 2. The van der Waals surface area contributed by atoms with Crippen molar-refractivity contribution in [2.75, 3.05) is 20.1 Å². The summed E-state index contributed by atoms with van der Waals surface area (Å²) in [6, 6.07) is 17.0. The average Bonchev–Trinajstić information content (AvgIpc) is 2.58. The van der Waals surface area contributed by atoms with Gasteiger partial charge in [-0.1, -0.05) is 42.5 Å². The number of carbonyl (C=O) groups excluding carboxylic acids is 1. The van der Waals surface area contributed by atoms with Crippen LogP contribution in [0.3, 0.4) is 0 Å². The fraction of sp³-hybridized carbons (Fsp3) is 0.278. The number of hydrogen-bond donors (Lipinski definition) is 2.